The van der Waals surface area contributed by atoms with Crippen LogP contribution in [0.3, 0.4) is 0 Å². The number of hydrogen-bond donors (Lipinski definition) is 1. The fourth-order valence-electron chi connectivity index (χ4n) is 4.47. The molecule has 4 aromatic rings. The van der Waals surface area contributed by atoms with Crippen molar-refractivity contribution in [2.24, 2.45) is 0 Å². The highest BCUT2D eigenvalue weighted by atomic mass is 16.5. The summed E-state index contributed by atoms with van der Waals surface area (Å²) in [5, 5.41) is 11.5. The van der Waals surface area contributed by atoms with Crippen LogP contribution in [-0.2, 0) is 22.6 Å². The third kappa shape index (κ3) is 6.02. The Morgan fingerprint density at radius 2 is 1.66 bits per heavy atom. The Morgan fingerprint density at radius 3 is 2.34 bits per heavy atom. The lowest BCUT2D eigenvalue weighted by Gasteiger charge is -2.35. The number of amides is 2. The van der Waals surface area contributed by atoms with Gasteiger partial charge < -0.3 is 10.1 Å². The zero-order valence-corrected chi connectivity index (χ0v) is 22.6. The molecule has 4 rings (SSSR count). The first-order valence-corrected chi connectivity index (χ1v) is 12.9. The number of nitrogens with one attached hydrogen (secondary N) is 1. The Balaban J connectivity index is 1.84. The van der Waals surface area contributed by atoms with E-state index in [-0.39, 0.29) is 18.4 Å². The molecular weight excluding hydrogens is 478 g/mol. The maximum Gasteiger partial charge on any atom is 0.249 e. The number of nitrogens with zero attached hydrogens (tertiary/aromatic N) is 4. The topological polar surface area (TPSA) is 89.4 Å². The summed E-state index contributed by atoms with van der Waals surface area (Å²) < 4.78 is 7.20. The third-order valence-electron chi connectivity index (χ3n) is 6.12. The number of aryl methyl sites for hydroxylation is 1. The highest BCUT2D eigenvalue weighted by molar-refractivity contribution is 6.02. The molecule has 1 unspecified atom stereocenters. The van der Waals surface area contributed by atoms with E-state index in [4.69, 9.17) is 4.74 Å². The fourth-order valence-corrected chi connectivity index (χ4v) is 4.47. The van der Waals surface area contributed by atoms with Crippen LogP contribution in [0.15, 0.2) is 72.8 Å². The van der Waals surface area contributed by atoms with Gasteiger partial charge in [-0.1, -0.05) is 54.6 Å². The van der Waals surface area contributed by atoms with Crippen molar-refractivity contribution >= 4 is 28.5 Å². The van der Waals surface area contributed by atoms with Crippen LogP contribution < -0.4 is 15.0 Å². The third-order valence-corrected chi connectivity index (χ3v) is 6.12. The van der Waals surface area contributed by atoms with Crippen molar-refractivity contribution in [3.8, 4) is 5.75 Å². The maximum atomic E-state index is 14.2. The van der Waals surface area contributed by atoms with E-state index >= 15 is 0 Å². The number of anilines is 1. The summed E-state index contributed by atoms with van der Waals surface area (Å²) in [6.45, 7) is 10.2. The van der Waals surface area contributed by atoms with Gasteiger partial charge in [-0.15, -0.1) is 5.10 Å². The van der Waals surface area contributed by atoms with Crippen LogP contribution in [0.1, 0.15) is 51.8 Å². The summed E-state index contributed by atoms with van der Waals surface area (Å²) in [6, 6.07) is 21.6. The van der Waals surface area contributed by atoms with Crippen molar-refractivity contribution in [3.63, 3.8) is 0 Å². The Hall–Kier alpha value is -4.20. The van der Waals surface area contributed by atoms with E-state index in [1.807, 2.05) is 107 Å². The van der Waals surface area contributed by atoms with E-state index in [1.165, 1.54) is 0 Å². The van der Waals surface area contributed by atoms with Gasteiger partial charge in [0.25, 0.3) is 0 Å². The molecule has 1 atom stereocenters. The Bertz CT molecular complexity index is 1410. The Morgan fingerprint density at radius 1 is 0.974 bits per heavy atom. The predicted octanol–water partition coefficient (Wildman–Crippen LogP) is 5.08. The number of rotatable bonds is 9. The average Bonchev–Trinajstić information content (AvgIpc) is 3.29. The number of para-hydroxylation sites is 2. The molecule has 0 saturated carbocycles. The van der Waals surface area contributed by atoms with Gasteiger partial charge in [-0.25, -0.2) is 4.68 Å². The maximum absolute atomic E-state index is 14.2. The normalized spacial score (nSPS) is 12.2. The molecule has 0 spiro atoms. The summed E-state index contributed by atoms with van der Waals surface area (Å²) in [5.74, 6) is 0.154. The molecule has 198 valence electrons. The second kappa shape index (κ2) is 11.5. The highest BCUT2D eigenvalue weighted by Crippen LogP contribution is 2.33. The van der Waals surface area contributed by atoms with E-state index in [9.17, 15) is 9.59 Å². The van der Waals surface area contributed by atoms with Gasteiger partial charge in [0.05, 0.1) is 12.1 Å². The molecule has 0 saturated heterocycles. The molecule has 1 aromatic heterocycles. The van der Waals surface area contributed by atoms with Crippen molar-refractivity contribution in [2.75, 3.05) is 11.5 Å². The lowest BCUT2D eigenvalue weighted by molar-refractivity contribution is -0.128. The van der Waals surface area contributed by atoms with Crippen molar-refractivity contribution in [2.45, 2.75) is 59.2 Å². The molecule has 3 aromatic carbocycles. The molecule has 0 fully saturated rings. The van der Waals surface area contributed by atoms with Crippen LogP contribution >= 0.6 is 0 Å². The predicted molar refractivity (Wildman–Crippen MR) is 149 cm³/mol. The number of benzene rings is 3. The van der Waals surface area contributed by atoms with E-state index in [0.717, 1.165) is 11.1 Å². The van der Waals surface area contributed by atoms with Crippen molar-refractivity contribution in [3.05, 3.63) is 83.9 Å². The SMILES string of the molecule is CCOc1ccc(C(C(=O)NC(C)(C)C)N(C(=O)Cn2nnc3ccccc32)c2ccccc2CC)cc1. The summed E-state index contributed by atoms with van der Waals surface area (Å²) in [5.41, 5.74) is 3.28. The number of carbonyl (C=O) groups excluding carboxylic acids is 2. The lowest BCUT2D eigenvalue weighted by Crippen LogP contribution is -2.50. The van der Waals surface area contributed by atoms with E-state index in [2.05, 4.69) is 15.6 Å². The minimum atomic E-state index is -0.917. The van der Waals surface area contributed by atoms with Crippen molar-refractivity contribution in [1.82, 2.24) is 20.3 Å². The molecule has 8 heteroatoms. The lowest BCUT2D eigenvalue weighted by atomic mass is 9.99. The van der Waals surface area contributed by atoms with Crippen molar-refractivity contribution in [1.29, 1.82) is 0 Å². The van der Waals surface area contributed by atoms with Crippen molar-refractivity contribution < 1.29 is 14.3 Å². The van der Waals surface area contributed by atoms with Gasteiger partial charge in [0.2, 0.25) is 11.8 Å². The van der Waals surface area contributed by atoms with Crippen LogP contribution in [-0.4, -0.2) is 39.0 Å². The van der Waals surface area contributed by atoms with Gasteiger partial charge in [0, 0.05) is 11.2 Å². The Labute approximate surface area is 223 Å². The summed E-state index contributed by atoms with van der Waals surface area (Å²) in [6.07, 6.45) is 0.698. The average molecular weight is 514 g/mol. The van der Waals surface area contributed by atoms with Crippen LogP contribution in [0.2, 0.25) is 0 Å². The summed E-state index contributed by atoms with van der Waals surface area (Å²) in [7, 11) is 0. The number of carbonyl (C=O) groups is 2. The zero-order valence-electron chi connectivity index (χ0n) is 22.6. The first kappa shape index (κ1) is 26.9. The molecule has 1 heterocycles. The number of aromatic nitrogens is 3. The van der Waals surface area contributed by atoms with Crippen LogP contribution in [0, 0.1) is 0 Å². The zero-order chi connectivity index (χ0) is 27.3. The van der Waals surface area contributed by atoms with Crippen LogP contribution in [0.25, 0.3) is 11.0 Å². The van der Waals surface area contributed by atoms with Gasteiger partial charge in [-0.3, -0.25) is 14.5 Å². The minimum Gasteiger partial charge on any atom is -0.494 e. The molecule has 0 aliphatic carbocycles. The first-order chi connectivity index (χ1) is 18.2. The Kier molecular flexibility index (Phi) is 8.10. The van der Waals surface area contributed by atoms with Gasteiger partial charge in [0.1, 0.15) is 23.9 Å². The van der Waals surface area contributed by atoms with Gasteiger partial charge in [-0.05, 0) is 75.6 Å². The highest BCUT2D eigenvalue weighted by Gasteiger charge is 2.35. The first-order valence-electron chi connectivity index (χ1n) is 12.9. The monoisotopic (exact) mass is 513 g/mol. The molecule has 38 heavy (non-hydrogen) atoms. The number of fused-ring (bicyclic) bond motifs is 1. The van der Waals surface area contributed by atoms with E-state index < -0.39 is 11.6 Å². The second-order valence-corrected chi connectivity index (χ2v) is 10.1. The minimum absolute atomic E-state index is 0.0745. The van der Waals surface area contributed by atoms with Gasteiger partial charge in [-0.2, -0.15) is 0 Å². The molecule has 0 radical (unpaired) electrons. The molecule has 8 nitrogen and oxygen atoms in total. The smallest absolute Gasteiger partial charge is 0.249 e. The number of hydrogen-bond acceptors (Lipinski definition) is 5. The molecule has 0 aliphatic heterocycles. The molecule has 1 N–H and O–H groups in total. The van der Waals surface area contributed by atoms with E-state index in [0.29, 0.717) is 35.5 Å². The quantitative estimate of drug-likeness (QED) is 0.337. The standard InChI is InChI=1S/C30H35N5O3/c1-6-21-12-8-10-14-25(21)35(27(36)20-34-26-15-11-9-13-24(26)32-33-34)28(29(37)31-30(3,4)5)22-16-18-23(19-17-22)38-7-2/h8-19,28H,6-7,20H2,1-5H3,(H,31,37). The summed E-state index contributed by atoms with van der Waals surface area (Å²) in [4.78, 5) is 29.7. The van der Waals surface area contributed by atoms with Gasteiger partial charge >= 0.3 is 0 Å². The molecular formula is C30H35N5O3. The van der Waals surface area contributed by atoms with Gasteiger partial charge in [0.15, 0.2) is 0 Å². The number of ether oxygens (including phenoxy) is 1. The fraction of sp³-hybridized carbons (Fsp3) is 0.333. The molecule has 0 bridgehead atoms. The molecule has 0 aliphatic rings. The van der Waals surface area contributed by atoms with E-state index in [1.54, 1.807) is 9.58 Å². The van der Waals surface area contributed by atoms with Crippen LogP contribution in [0.5, 0.6) is 5.75 Å². The van der Waals surface area contributed by atoms with Crippen LogP contribution in [0.4, 0.5) is 5.69 Å². The second-order valence-electron chi connectivity index (χ2n) is 10.1. The largest absolute Gasteiger partial charge is 0.494 e. The molecule has 2 amide bonds. The summed E-state index contributed by atoms with van der Waals surface area (Å²) >= 11 is 0.